The van der Waals surface area contributed by atoms with Crippen molar-refractivity contribution < 1.29 is 8.42 Å². The molecule has 0 spiro atoms. The first kappa shape index (κ1) is 16.2. The van der Waals surface area contributed by atoms with Crippen LogP contribution in [0.2, 0.25) is 5.02 Å². The SMILES string of the molecule is CC(NS(=O)(=O)c1cc(Cl)cc(N)c1Br)c1ccncc1. The number of benzene rings is 1. The van der Waals surface area contributed by atoms with E-state index in [0.29, 0.717) is 4.47 Å². The number of nitrogens with zero attached hydrogens (tertiary/aromatic N) is 1. The first-order valence-corrected chi connectivity index (χ1v) is 8.63. The third-order valence-corrected chi connectivity index (χ3v) is 5.79. The summed E-state index contributed by atoms with van der Waals surface area (Å²) in [5.41, 5.74) is 6.80. The Balaban J connectivity index is 2.35. The zero-order valence-corrected chi connectivity index (χ0v) is 14.2. The normalized spacial score (nSPS) is 13.1. The second-order valence-corrected chi connectivity index (χ2v) is 7.34. The molecule has 1 atom stereocenters. The molecule has 5 nitrogen and oxygen atoms in total. The summed E-state index contributed by atoms with van der Waals surface area (Å²) < 4.78 is 27.8. The highest BCUT2D eigenvalue weighted by Gasteiger charge is 2.22. The van der Waals surface area contributed by atoms with E-state index < -0.39 is 16.1 Å². The zero-order chi connectivity index (χ0) is 15.6. The molecular weight excluding hydrogens is 378 g/mol. The summed E-state index contributed by atoms with van der Waals surface area (Å²) in [6.45, 7) is 1.74. The summed E-state index contributed by atoms with van der Waals surface area (Å²) >= 11 is 9.06. The van der Waals surface area contributed by atoms with Crippen LogP contribution in [0.3, 0.4) is 0 Å². The largest absolute Gasteiger partial charge is 0.398 e. The monoisotopic (exact) mass is 389 g/mol. The molecule has 0 fully saturated rings. The molecule has 112 valence electrons. The van der Waals surface area contributed by atoms with E-state index in [2.05, 4.69) is 25.6 Å². The molecule has 1 unspecified atom stereocenters. The summed E-state index contributed by atoms with van der Waals surface area (Å²) in [7, 11) is -3.77. The Morgan fingerprint density at radius 3 is 2.57 bits per heavy atom. The zero-order valence-electron chi connectivity index (χ0n) is 11.0. The summed E-state index contributed by atoms with van der Waals surface area (Å²) in [4.78, 5) is 3.91. The molecule has 0 aliphatic rings. The lowest BCUT2D eigenvalue weighted by Gasteiger charge is -2.16. The minimum atomic E-state index is -3.77. The van der Waals surface area contributed by atoms with E-state index in [1.54, 1.807) is 31.5 Å². The molecule has 3 N–H and O–H groups in total. The van der Waals surface area contributed by atoms with Gasteiger partial charge in [0.25, 0.3) is 0 Å². The predicted octanol–water partition coefficient (Wildman–Crippen LogP) is 3.12. The molecule has 0 saturated carbocycles. The van der Waals surface area contributed by atoms with Gasteiger partial charge in [0.05, 0.1) is 9.37 Å². The van der Waals surface area contributed by atoms with Crippen LogP contribution in [0.4, 0.5) is 5.69 Å². The number of hydrogen-bond acceptors (Lipinski definition) is 4. The second-order valence-electron chi connectivity index (χ2n) is 4.43. The van der Waals surface area contributed by atoms with Crippen molar-refractivity contribution in [3.8, 4) is 0 Å². The predicted molar refractivity (Wildman–Crippen MR) is 86.5 cm³/mol. The number of hydrogen-bond donors (Lipinski definition) is 2. The van der Waals surface area contributed by atoms with E-state index in [0.717, 1.165) is 5.56 Å². The van der Waals surface area contributed by atoms with Gasteiger partial charge < -0.3 is 5.73 Å². The standard InChI is InChI=1S/C13H13BrClN3O2S/c1-8(9-2-4-17-5-3-9)18-21(19,20)12-7-10(15)6-11(16)13(12)14/h2-8,18H,16H2,1H3. The number of nitrogen functional groups attached to an aromatic ring is 1. The number of anilines is 1. The minimum Gasteiger partial charge on any atom is -0.398 e. The minimum absolute atomic E-state index is 0.00778. The van der Waals surface area contributed by atoms with Crippen molar-refractivity contribution in [3.05, 3.63) is 51.7 Å². The van der Waals surface area contributed by atoms with Crippen molar-refractivity contribution in [2.24, 2.45) is 0 Å². The Hall–Kier alpha value is -1.15. The molecular formula is C13H13BrClN3O2S. The highest BCUT2D eigenvalue weighted by atomic mass is 79.9. The Morgan fingerprint density at radius 1 is 1.33 bits per heavy atom. The maximum absolute atomic E-state index is 12.5. The molecule has 2 rings (SSSR count). The van der Waals surface area contributed by atoms with Crippen molar-refractivity contribution in [2.45, 2.75) is 17.9 Å². The molecule has 0 aliphatic carbocycles. The quantitative estimate of drug-likeness (QED) is 0.786. The van der Waals surface area contributed by atoms with Gasteiger partial charge in [0.2, 0.25) is 10.0 Å². The molecule has 0 saturated heterocycles. The van der Waals surface area contributed by atoms with Crippen molar-refractivity contribution in [1.29, 1.82) is 0 Å². The summed E-state index contributed by atoms with van der Waals surface area (Å²) in [5, 5.41) is 0.257. The van der Waals surface area contributed by atoms with Gasteiger partial charge in [-0.3, -0.25) is 4.98 Å². The fourth-order valence-electron chi connectivity index (χ4n) is 1.80. The lowest BCUT2D eigenvalue weighted by atomic mass is 10.1. The van der Waals surface area contributed by atoms with E-state index in [1.807, 2.05) is 0 Å². The lowest BCUT2D eigenvalue weighted by molar-refractivity contribution is 0.566. The summed E-state index contributed by atoms with van der Waals surface area (Å²) in [5.74, 6) is 0. The van der Waals surface area contributed by atoms with E-state index in [9.17, 15) is 8.42 Å². The summed E-state index contributed by atoms with van der Waals surface area (Å²) in [6, 6.07) is 5.91. The molecule has 0 bridgehead atoms. The van der Waals surface area contributed by atoms with Crippen LogP contribution < -0.4 is 10.5 Å². The maximum Gasteiger partial charge on any atom is 0.242 e. The van der Waals surface area contributed by atoms with Gasteiger partial charge in [-0.25, -0.2) is 13.1 Å². The molecule has 21 heavy (non-hydrogen) atoms. The molecule has 2 aromatic rings. The lowest BCUT2D eigenvalue weighted by Crippen LogP contribution is -2.27. The smallest absolute Gasteiger partial charge is 0.242 e. The van der Waals surface area contributed by atoms with E-state index in [-0.39, 0.29) is 15.6 Å². The Bertz CT molecular complexity index is 754. The number of halogens is 2. The van der Waals surface area contributed by atoms with Gasteiger partial charge in [-0.15, -0.1) is 0 Å². The van der Waals surface area contributed by atoms with Crippen LogP contribution in [0.25, 0.3) is 0 Å². The molecule has 0 aliphatic heterocycles. The third kappa shape index (κ3) is 3.74. The van der Waals surface area contributed by atoms with Gasteiger partial charge in [-0.05, 0) is 52.7 Å². The number of pyridine rings is 1. The molecule has 1 heterocycles. The highest BCUT2D eigenvalue weighted by Crippen LogP contribution is 2.32. The number of nitrogens with two attached hydrogens (primary N) is 1. The van der Waals surface area contributed by atoms with E-state index in [1.165, 1.54) is 12.1 Å². The van der Waals surface area contributed by atoms with Crippen LogP contribution in [0, 0.1) is 0 Å². The molecule has 1 aromatic carbocycles. The maximum atomic E-state index is 12.5. The molecule has 0 radical (unpaired) electrons. The van der Waals surface area contributed by atoms with Crippen LogP contribution in [0.5, 0.6) is 0 Å². The van der Waals surface area contributed by atoms with Crippen LogP contribution in [0.15, 0.2) is 46.0 Å². The molecule has 8 heteroatoms. The Labute approximate surface area is 136 Å². The van der Waals surface area contributed by atoms with Crippen LogP contribution in [-0.2, 0) is 10.0 Å². The average Bonchev–Trinajstić information content (AvgIpc) is 2.43. The average molecular weight is 391 g/mol. The fourth-order valence-corrected chi connectivity index (χ4v) is 4.32. The van der Waals surface area contributed by atoms with Gasteiger partial charge in [0.15, 0.2) is 0 Å². The van der Waals surface area contributed by atoms with E-state index in [4.69, 9.17) is 17.3 Å². The third-order valence-electron chi connectivity index (χ3n) is 2.86. The van der Waals surface area contributed by atoms with Gasteiger partial charge in [-0.2, -0.15) is 0 Å². The van der Waals surface area contributed by atoms with Crippen LogP contribution in [0.1, 0.15) is 18.5 Å². The highest BCUT2D eigenvalue weighted by molar-refractivity contribution is 9.10. The fraction of sp³-hybridized carbons (Fsp3) is 0.154. The Kier molecular flexibility index (Phi) is 4.88. The van der Waals surface area contributed by atoms with Crippen molar-refractivity contribution in [2.75, 3.05) is 5.73 Å². The number of rotatable bonds is 4. The molecule has 1 aromatic heterocycles. The van der Waals surface area contributed by atoms with Crippen LogP contribution >= 0.6 is 27.5 Å². The second kappa shape index (κ2) is 6.31. The van der Waals surface area contributed by atoms with Crippen LogP contribution in [-0.4, -0.2) is 13.4 Å². The van der Waals surface area contributed by atoms with Gasteiger partial charge in [0.1, 0.15) is 0 Å². The van der Waals surface area contributed by atoms with Crippen molar-refractivity contribution >= 4 is 43.2 Å². The van der Waals surface area contributed by atoms with Gasteiger partial charge in [-0.1, -0.05) is 11.6 Å². The van der Waals surface area contributed by atoms with Crippen molar-refractivity contribution in [3.63, 3.8) is 0 Å². The van der Waals surface area contributed by atoms with Crippen molar-refractivity contribution in [1.82, 2.24) is 9.71 Å². The number of nitrogens with one attached hydrogen (secondary N) is 1. The number of aromatic nitrogens is 1. The molecule has 0 amide bonds. The number of sulfonamides is 1. The Morgan fingerprint density at radius 2 is 1.95 bits per heavy atom. The van der Waals surface area contributed by atoms with E-state index >= 15 is 0 Å². The first-order valence-electron chi connectivity index (χ1n) is 5.98. The van der Waals surface area contributed by atoms with Gasteiger partial charge >= 0.3 is 0 Å². The first-order chi connectivity index (χ1) is 9.81. The topological polar surface area (TPSA) is 85.1 Å². The van der Waals surface area contributed by atoms with Gasteiger partial charge in [0, 0.05) is 29.1 Å². The summed E-state index contributed by atoms with van der Waals surface area (Å²) in [6.07, 6.45) is 3.21.